The van der Waals surface area contributed by atoms with Crippen LogP contribution in [-0.2, 0) is 0 Å². The van der Waals surface area contributed by atoms with Gasteiger partial charge in [0.2, 0.25) is 0 Å². The standard InChI is InChI=1S/C15H12N4S/c1-11-9-14(20-8-7-16)19-15(18-11)13(10-17-19)12-5-3-2-4-6-12/h2-6,9-10H,8H2,1H3. The minimum absolute atomic E-state index is 0.402. The van der Waals surface area contributed by atoms with Crippen molar-refractivity contribution in [3.05, 3.63) is 48.3 Å². The van der Waals surface area contributed by atoms with Crippen molar-refractivity contribution in [1.29, 1.82) is 5.26 Å². The van der Waals surface area contributed by atoms with Crippen LogP contribution in [0.15, 0.2) is 47.6 Å². The predicted molar refractivity (Wildman–Crippen MR) is 79.5 cm³/mol. The Hall–Kier alpha value is -2.32. The Labute approximate surface area is 121 Å². The predicted octanol–water partition coefficient (Wildman–Crippen LogP) is 3.32. The summed E-state index contributed by atoms with van der Waals surface area (Å²) in [6, 6.07) is 14.2. The van der Waals surface area contributed by atoms with Crippen molar-refractivity contribution in [2.24, 2.45) is 0 Å². The van der Waals surface area contributed by atoms with E-state index in [1.54, 1.807) is 4.52 Å². The Balaban J connectivity index is 2.18. The number of aromatic nitrogens is 3. The number of rotatable bonds is 3. The largest absolute Gasteiger partial charge is 0.233 e. The lowest BCUT2D eigenvalue weighted by Gasteiger charge is -2.04. The number of fused-ring (bicyclic) bond motifs is 1. The zero-order valence-corrected chi connectivity index (χ0v) is 11.8. The van der Waals surface area contributed by atoms with Crippen LogP contribution in [-0.4, -0.2) is 20.4 Å². The van der Waals surface area contributed by atoms with Crippen LogP contribution in [0.1, 0.15) is 5.69 Å². The van der Waals surface area contributed by atoms with Gasteiger partial charge in [-0.25, -0.2) is 9.50 Å². The highest BCUT2D eigenvalue weighted by Gasteiger charge is 2.11. The van der Waals surface area contributed by atoms with E-state index < -0.39 is 0 Å². The maximum atomic E-state index is 8.74. The summed E-state index contributed by atoms with van der Waals surface area (Å²) < 4.78 is 1.80. The maximum absolute atomic E-state index is 8.74. The SMILES string of the molecule is Cc1cc(SCC#N)n2ncc(-c3ccccc3)c2n1. The lowest BCUT2D eigenvalue weighted by Crippen LogP contribution is -1.97. The summed E-state index contributed by atoms with van der Waals surface area (Å²) in [5, 5.41) is 14.1. The van der Waals surface area contributed by atoms with E-state index in [-0.39, 0.29) is 0 Å². The minimum Gasteiger partial charge on any atom is -0.233 e. The summed E-state index contributed by atoms with van der Waals surface area (Å²) in [4.78, 5) is 4.58. The van der Waals surface area contributed by atoms with Gasteiger partial charge in [-0.15, -0.1) is 0 Å². The second-order valence-corrected chi connectivity index (χ2v) is 5.34. The van der Waals surface area contributed by atoms with Crippen LogP contribution in [0.2, 0.25) is 0 Å². The molecule has 0 amide bonds. The molecule has 2 heterocycles. The first kappa shape index (κ1) is 12.7. The molecule has 98 valence electrons. The molecule has 0 unspecified atom stereocenters. The molecule has 1 aromatic carbocycles. The van der Waals surface area contributed by atoms with Crippen molar-refractivity contribution in [2.45, 2.75) is 11.9 Å². The van der Waals surface area contributed by atoms with Gasteiger partial charge in [0, 0.05) is 11.3 Å². The molecule has 0 radical (unpaired) electrons. The molecule has 0 aliphatic heterocycles. The quantitative estimate of drug-likeness (QED) is 0.545. The van der Waals surface area contributed by atoms with Gasteiger partial charge in [-0.3, -0.25) is 0 Å². The van der Waals surface area contributed by atoms with Crippen LogP contribution in [0.3, 0.4) is 0 Å². The minimum atomic E-state index is 0.402. The summed E-state index contributed by atoms with van der Waals surface area (Å²) in [6.07, 6.45) is 1.83. The van der Waals surface area contributed by atoms with E-state index in [4.69, 9.17) is 5.26 Å². The zero-order chi connectivity index (χ0) is 13.9. The van der Waals surface area contributed by atoms with Gasteiger partial charge in [-0.1, -0.05) is 42.1 Å². The molecule has 5 heteroatoms. The molecule has 0 N–H and O–H groups in total. The fourth-order valence-electron chi connectivity index (χ4n) is 2.08. The molecule has 0 atom stereocenters. The van der Waals surface area contributed by atoms with Crippen molar-refractivity contribution < 1.29 is 0 Å². The van der Waals surface area contributed by atoms with Gasteiger partial charge in [0.15, 0.2) is 5.65 Å². The number of thioether (sulfide) groups is 1. The molecule has 3 rings (SSSR count). The average molecular weight is 280 g/mol. The van der Waals surface area contributed by atoms with Crippen LogP contribution >= 0.6 is 11.8 Å². The van der Waals surface area contributed by atoms with E-state index >= 15 is 0 Å². The molecule has 20 heavy (non-hydrogen) atoms. The Morgan fingerprint density at radius 2 is 2.10 bits per heavy atom. The lowest BCUT2D eigenvalue weighted by molar-refractivity contribution is 0.835. The first-order valence-corrected chi connectivity index (χ1v) is 7.18. The number of nitrogens with zero attached hydrogens (tertiary/aromatic N) is 4. The molecule has 4 nitrogen and oxygen atoms in total. The van der Waals surface area contributed by atoms with E-state index in [0.717, 1.165) is 27.5 Å². The van der Waals surface area contributed by atoms with Crippen molar-refractivity contribution >= 4 is 17.4 Å². The van der Waals surface area contributed by atoms with E-state index in [1.807, 2.05) is 49.5 Å². The molecular formula is C15H12N4S. The highest BCUT2D eigenvalue weighted by Crippen LogP contribution is 2.27. The monoisotopic (exact) mass is 280 g/mol. The van der Waals surface area contributed by atoms with Crippen LogP contribution in [0.5, 0.6) is 0 Å². The average Bonchev–Trinajstić information content (AvgIpc) is 2.89. The number of nitriles is 1. The Morgan fingerprint density at radius 3 is 2.85 bits per heavy atom. The fraction of sp³-hybridized carbons (Fsp3) is 0.133. The third kappa shape index (κ3) is 2.26. The van der Waals surface area contributed by atoms with E-state index in [1.165, 1.54) is 11.8 Å². The molecular weight excluding hydrogens is 268 g/mol. The zero-order valence-electron chi connectivity index (χ0n) is 10.9. The molecule has 0 bridgehead atoms. The molecule has 2 aromatic heterocycles. The van der Waals surface area contributed by atoms with Crippen LogP contribution in [0.4, 0.5) is 0 Å². The van der Waals surface area contributed by atoms with Gasteiger partial charge in [0.1, 0.15) is 5.03 Å². The van der Waals surface area contributed by atoms with Crippen molar-refractivity contribution in [2.75, 3.05) is 5.75 Å². The van der Waals surface area contributed by atoms with Crippen molar-refractivity contribution in [3.8, 4) is 17.2 Å². The van der Waals surface area contributed by atoms with Gasteiger partial charge in [-0.2, -0.15) is 10.4 Å². The highest BCUT2D eigenvalue weighted by atomic mass is 32.2. The Bertz CT molecular complexity index is 787. The number of benzene rings is 1. The summed E-state index contributed by atoms with van der Waals surface area (Å²) in [6.45, 7) is 1.96. The molecule has 0 fully saturated rings. The van der Waals surface area contributed by atoms with E-state index in [2.05, 4.69) is 16.2 Å². The fourth-order valence-corrected chi connectivity index (χ4v) is 2.80. The molecule has 0 saturated carbocycles. The number of hydrogen-bond acceptors (Lipinski definition) is 4. The van der Waals surface area contributed by atoms with E-state index in [9.17, 15) is 0 Å². The van der Waals surface area contributed by atoms with Crippen molar-refractivity contribution in [3.63, 3.8) is 0 Å². The summed E-state index contributed by atoms with van der Waals surface area (Å²) in [5.41, 5.74) is 3.86. The molecule has 0 aliphatic carbocycles. The third-order valence-electron chi connectivity index (χ3n) is 2.94. The van der Waals surface area contributed by atoms with Crippen LogP contribution in [0, 0.1) is 18.3 Å². The molecule has 0 saturated heterocycles. The van der Waals surface area contributed by atoms with E-state index in [0.29, 0.717) is 5.75 Å². The summed E-state index contributed by atoms with van der Waals surface area (Å²) in [7, 11) is 0. The first-order valence-electron chi connectivity index (χ1n) is 6.20. The van der Waals surface area contributed by atoms with Gasteiger partial charge < -0.3 is 0 Å². The molecule has 0 aliphatic rings. The number of aryl methyl sites for hydroxylation is 1. The highest BCUT2D eigenvalue weighted by molar-refractivity contribution is 7.99. The van der Waals surface area contributed by atoms with Crippen LogP contribution < -0.4 is 0 Å². The Kier molecular flexibility index (Phi) is 3.40. The van der Waals surface area contributed by atoms with Gasteiger partial charge in [0.25, 0.3) is 0 Å². The smallest absolute Gasteiger partial charge is 0.164 e. The number of hydrogen-bond donors (Lipinski definition) is 0. The maximum Gasteiger partial charge on any atom is 0.164 e. The van der Waals surface area contributed by atoms with Gasteiger partial charge >= 0.3 is 0 Å². The summed E-state index contributed by atoms with van der Waals surface area (Å²) in [5.74, 6) is 0.402. The third-order valence-corrected chi connectivity index (χ3v) is 3.80. The lowest BCUT2D eigenvalue weighted by atomic mass is 10.1. The Morgan fingerprint density at radius 1 is 1.30 bits per heavy atom. The molecule has 0 spiro atoms. The summed E-state index contributed by atoms with van der Waals surface area (Å²) >= 11 is 1.47. The second-order valence-electron chi connectivity index (χ2n) is 4.34. The van der Waals surface area contributed by atoms with Crippen molar-refractivity contribution in [1.82, 2.24) is 14.6 Å². The van der Waals surface area contributed by atoms with Gasteiger partial charge in [0.05, 0.1) is 18.0 Å². The van der Waals surface area contributed by atoms with Crippen LogP contribution in [0.25, 0.3) is 16.8 Å². The normalized spacial score (nSPS) is 10.6. The second kappa shape index (κ2) is 5.35. The molecule has 3 aromatic rings. The van der Waals surface area contributed by atoms with Gasteiger partial charge in [-0.05, 0) is 18.6 Å². The first-order chi connectivity index (χ1) is 9.79. The topological polar surface area (TPSA) is 54.0 Å².